The highest BCUT2D eigenvalue weighted by atomic mass is 35.5. The molecule has 2 heterocycles. The van der Waals surface area contributed by atoms with Gasteiger partial charge in [-0.1, -0.05) is 11.6 Å². The molecule has 0 radical (unpaired) electrons. The van der Waals surface area contributed by atoms with Gasteiger partial charge >= 0.3 is 0 Å². The lowest BCUT2D eigenvalue weighted by molar-refractivity contribution is -0.121. The Morgan fingerprint density at radius 1 is 1.27 bits per heavy atom. The van der Waals surface area contributed by atoms with Crippen molar-refractivity contribution in [1.29, 1.82) is 0 Å². The first-order valence-corrected chi connectivity index (χ1v) is 7.39. The number of carbonyl (C=O) groups is 1. The van der Waals surface area contributed by atoms with E-state index in [4.69, 9.17) is 17.3 Å². The third kappa shape index (κ3) is 2.90. The van der Waals surface area contributed by atoms with Gasteiger partial charge in [0.05, 0.1) is 16.6 Å². The minimum Gasteiger partial charge on any atom is -0.369 e. The van der Waals surface area contributed by atoms with Crippen LogP contribution in [0.5, 0.6) is 0 Å². The number of anilines is 1. The zero-order valence-corrected chi connectivity index (χ0v) is 12.6. The van der Waals surface area contributed by atoms with Crippen LogP contribution in [0.15, 0.2) is 36.4 Å². The number of hydrogen-bond donors (Lipinski definition) is 1. The van der Waals surface area contributed by atoms with Gasteiger partial charge in [0.2, 0.25) is 5.91 Å². The lowest BCUT2D eigenvalue weighted by atomic mass is 10.1. The average Bonchev–Trinajstić information content (AvgIpc) is 2.99. The van der Waals surface area contributed by atoms with Crippen LogP contribution in [0.1, 0.15) is 6.42 Å². The lowest BCUT2D eigenvalue weighted by Crippen LogP contribution is -2.27. The second-order valence-corrected chi connectivity index (χ2v) is 5.75. The molecule has 2 aromatic rings. The van der Waals surface area contributed by atoms with E-state index in [0.29, 0.717) is 17.3 Å². The molecule has 114 valence electrons. The maximum absolute atomic E-state index is 13.0. The van der Waals surface area contributed by atoms with E-state index in [1.165, 1.54) is 12.1 Å². The Hall–Kier alpha value is -2.14. The van der Waals surface area contributed by atoms with Gasteiger partial charge in [-0.15, -0.1) is 0 Å². The molecule has 1 aromatic heterocycles. The third-order valence-electron chi connectivity index (χ3n) is 3.86. The first-order valence-electron chi connectivity index (χ1n) is 7.01. The molecule has 1 saturated heterocycles. The normalized spacial score (nSPS) is 17.7. The summed E-state index contributed by atoms with van der Waals surface area (Å²) in [6.07, 6.45) is 0.728. The standard InChI is InChI=1S/C16H15ClFN3O/c17-13-5-6-14(21-8-7-11(9-21)16(19)22)20-15(13)10-1-3-12(18)4-2-10/h1-6,11H,7-9H2,(H2,19,22)/t11-/m1/s1. The van der Waals surface area contributed by atoms with Crippen LogP contribution in [0.3, 0.4) is 0 Å². The second-order valence-electron chi connectivity index (χ2n) is 5.34. The summed E-state index contributed by atoms with van der Waals surface area (Å²) in [5, 5.41) is 0.501. The SMILES string of the molecule is NC(=O)[C@@H]1CCN(c2ccc(Cl)c(-c3ccc(F)cc3)n2)C1. The number of pyridine rings is 1. The molecule has 2 N–H and O–H groups in total. The van der Waals surface area contributed by atoms with E-state index in [0.717, 1.165) is 24.3 Å². The van der Waals surface area contributed by atoms with E-state index in [1.807, 2.05) is 11.0 Å². The molecule has 1 fully saturated rings. The smallest absolute Gasteiger partial charge is 0.222 e. The fraction of sp³-hybridized carbons (Fsp3) is 0.250. The highest BCUT2D eigenvalue weighted by molar-refractivity contribution is 6.33. The van der Waals surface area contributed by atoms with Gasteiger partial charge in [-0.2, -0.15) is 0 Å². The summed E-state index contributed by atoms with van der Waals surface area (Å²) >= 11 is 6.21. The summed E-state index contributed by atoms with van der Waals surface area (Å²) in [6, 6.07) is 9.62. The zero-order valence-electron chi connectivity index (χ0n) is 11.8. The van der Waals surface area contributed by atoms with Crippen molar-refractivity contribution in [2.75, 3.05) is 18.0 Å². The van der Waals surface area contributed by atoms with Crippen molar-refractivity contribution in [3.63, 3.8) is 0 Å². The molecule has 22 heavy (non-hydrogen) atoms. The van der Waals surface area contributed by atoms with E-state index >= 15 is 0 Å². The minimum atomic E-state index is -0.306. The monoisotopic (exact) mass is 319 g/mol. The molecule has 0 aliphatic carbocycles. The van der Waals surface area contributed by atoms with Gasteiger partial charge < -0.3 is 10.6 Å². The van der Waals surface area contributed by atoms with Crippen LogP contribution in [0, 0.1) is 11.7 Å². The molecule has 0 unspecified atom stereocenters. The van der Waals surface area contributed by atoms with Crippen LogP contribution in [-0.2, 0) is 4.79 Å². The average molecular weight is 320 g/mol. The first kappa shape index (κ1) is 14.8. The van der Waals surface area contributed by atoms with Crippen LogP contribution < -0.4 is 10.6 Å². The molecule has 1 atom stereocenters. The summed E-state index contributed by atoms with van der Waals surface area (Å²) in [6.45, 7) is 1.29. The fourth-order valence-electron chi connectivity index (χ4n) is 2.62. The van der Waals surface area contributed by atoms with E-state index < -0.39 is 0 Å². The third-order valence-corrected chi connectivity index (χ3v) is 4.17. The molecule has 1 amide bonds. The number of benzene rings is 1. The number of rotatable bonds is 3. The second kappa shape index (κ2) is 5.93. The highest BCUT2D eigenvalue weighted by Crippen LogP contribution is 2.30. The Bertz CT molecular complexity index is 705. The summed E-state index contributed by atoms with van der Waals surface area (Å²) < 4.78 is 13.0. The predicted octanol–water partition coefficient (Wildman–Crippen LogP) is 2.85. The Morgan fingerprint density at radius 2 is 2.00 bits per heavy atom. The predicted molar refractivity (Wildman–Crippen MR) is 84.2 cm³/mol. The molecule has 6 heteroatoms. The first-order chi connectivity index (χ1) is 10.5. The van der Waals surface area contributed by atoms with Crippen LogP contribution in [0.4, 0.5) is 10.2 Å². The van der Waals surface area contributed by atoms with Crippen molar-refractivity contribution >= 4 is 23.3 Å². The summed E-state index contributed by atoms with van der Waals surface area (Å²) in [5.74, 6) is 0.00863. The van der Waals surface area contributed by atoms with Gasteiger partial charge in [0, 0.05) is 18.7 Å². The number of hydrogen-bond acceptors (Lipinski definition) is 3. The van der Waals surface area contributed by atoms with Crippen LogP contribution >= 0.6 is 11.6 Å². The van der Waals surface area contributed by atoms with Crippen LogP contribution in [0.25, 0.3) is 11.3 Å². The van der Waals surface area contributed by atoms with Crippen molar-refractivity contribution in [3.8, 4) is 11.3 Å². The van der Waals surface area contributed by atoms with Crippen LogP contribution in [0.2, 0.25) is 5.02 Å². The summed E-state index contributed by atoms with van der Waals surface area (Å²) in [7, 11) is 0. The van der Waals surface area contributed by atoms with Crippen molar-refractivity contribution in [3.05, 3.63) is 47.2 Å². The van der Waals surface area contributed by atoms with Crippen LogP contribution in [-0.4, -0.2) is 24.0 Å². The van der Waals surface area contributed by atoms with E-state index in [1.54, 1.807) is 18.2 Å². The molecule has 1 aliphatic rings. The van der Waals surface area contributed by atoms with Crippen molar-refractivity contribution < 1.29 is 9.18 Å². The quantitative estimate of drug-likeness (QED) is 0.946. The van der Waals surface area contributed by atoms with Gasteiger partial charge in [-0.3, -0.25) is 4.79 Å². The maximum Gasteiger partial charge on any atom is 0.222 e. The molecular formula is C16H15ClFN3O. The topological polar surface area (TPSA) is 59.2 Å². The molecule has 0 spiro atoms. The Balaban J connectivity index is 1.90. The number of carbonyl (C=O) groups excluding carboxylic acids is 1. The van der Waals surface area contributed by atoms with Gasteiger partial charge in [0.25, 0.3) is 0 Å². The van der Waals surface area contributed by atoms with E-state index in [-0.39, 0.29) is 17.6 Å². The molecule has 1 aliphatic heterocycles. The summed E-state index contributed by atoms with van der Waals surface area (Å²) in [4.78, 5) is 17.9. The van der Waals surface area contributed by atoms with E-state index in [9.17, 15) is 9.18 Å². The molecular weight excluding hydrogens is 305 g/mol. The maximum atomic E-state index is 13.0. The number of amides is 1. The molecule has 3 rings (SSSR count). The zero-order chi connectivity index (χ0) is 15.7. The molecule has 0 saturated carbocycles. The number of halogens is 2. The molecule has 1 aromatic carbocycles. The number of aromatic nitrogens is 1. The van der Waals surface area contributed by atoms with Gasteiger partial charge in [0.1, 0.15) is 11.6 Å². The van der Waals surface area contributed by atoms with Gasteiger partial charge in [-0.25, -0.2) is 9.37 Å². The number of primary amides is 1. The number of nitrogens with zero attached hydrogens (tertiary/aromatic N) is 2. The fourth-order valence-corrected chi connectivity index (χ4v) is 2.83. The van der Waals surface area contributed by atoms with Gasteiger partial charge in [0.15, 0.2) is 0 Å². The Kier molecular flexibility index (Phi) is 3.98. The molecule has 0 bridgehead atoms. The minimum absolute atomic E-state index is 0.147. The lowest BCUT2D eigenvalue weighted by Gasteiger charge is -2.18. The molecule has 4 nitrogen and oxygen atoms in total. The van der Waals surface area contributed by atoms with Crippen molar-refractivity contribution in [1.82, 2.24) is 4.98 Å². The largest absolute Gasteiger partial charge is 0.369 e. The number of nitrogens with two attached hydrogens (primary N) is 1. The van der Waals surface area contributed by atoms with Gasteiger partial charge in [-0.05, 0) is 42.8 Å². The summed E-state index contributed by atoms with van der Waals surface area (Å²) in [5.41, 5.74) is 6.70. The van der Waals surface area contributed by atoms with E-state index in [2.05, 4.69) is 4.98 Å². The highest BCUT2D eigenvalue weighted by Gasteiger charge is 2.27. The Morgan fingerprint density at radius 3 is 2.64 bits per heavy atom. The Labute approximate surface area is 132 Å². The van der Waals surface area contributed by atoms with Crippen molar-refractivity contribution in [2.24, 2.45) is 11.7 Å². The van der Waals surface area contributed by atoms with Crippen molar-refractivity contribution in [2.45, 2.75) is 6.42 Å².